The fourth-order valence-electron chi connectivity index (χ4n) is 11.9. The zero-order valence-corrected chi connectivity index (χ0v) is 58.9. The molecule has 0 bridgehead atoms. The first-order valence-electron chi connectivity index (χ1n) is 30.0. The summed E-state index contributed by atoms with van der Waals surface area (Å²) in [7, 11) is 4.29. The third kappa shape index (κ3) is 13.0. The Balaban J connectivity index is 0.0000104. The first-order valence-corrected chi connectivity index (χ1v) is 32.6. The zero-order chi connectivity index (χ0) is 62.6. The first-order chi connectivity index (χ1) is 38.6. The van der Waals surface area contributed by atoms with Crippen molar-refractivity contribution in [2.45, 2.75) is 209 Å². The summed E-state index contributed by atoms with van der Waals surface area (Å²) < 4.78 is 53.1. The van der Waals surface area contributed by atoms with Crippen molar-refractivity contribution in [3.05, 3.63) is 117 Å². The second-order valence-electron chi connectivity index (χ2n) is 31.4. The summed E-state index contributed by atoms with van der Waals surface area (Å²) in [4.78, 5) is 0. The van der Waals surface area contributed by atoms with Crippen LogP contribution in [0, 0.1) is 0 Å². The highest BCUT2D eigenvalue weighted by Crippen LogP contribution is 2.57. The van der Waals surface area contributed by atoms with Gasteiger partial charge < -0.3 is 37.9 Å². The lowest BCUT2D eigenvalue weighted by Gasteiger charge is -2.35. The Morgan fingerprint density at radius 1 is 0.294 bits per heavy atom. The van der Waals surface area contributed by atoms with E-state index in [1.807, 2.05) is 28.4 Å². The molecule has 0 aliphatic carbocycles. The number of hydrogen-bond acceptors (Lipinski definition) is 8. The quantitative estimate of drug-likeness (QED) is 0.0938. The van der Waals surface area contributed by atoms with Crippen molar-refractivity contribution in [2.75, 3.05) is 42.0 Å². The van der Waals surface area contributed by atoms with Crippen LogP contribution in [0.25, 0.3) is 11.1 Å². The fraction of sp³-hybridized carbons (Fsp3) is 0.514. The molecule has 3 radical (unpaired) electrons. The molecule has 0 amide bonds. The van der Waals surface area contributed by atoms with E-state index in [-0.39, 0.29) is 65.3 Å². The molecule has 11 heteroatoms. The topological polar surface area (TPSA) is 73.8 Å². The van der Waals surface area contributed by atoms with Gasteiger partial charge in [0, 0.05) is 64.0 Å². The zero-order valence-electron chi connectivity index (χ0n) is 57.1. The van der Waals surface area contributed by atoms with Gasteiger partial charge in [-0.05, 0) is 164 Å². The Hall–Kier alpha value is -5.36. The number of ether oxygens (including phenoxy) is 8. The number of fused-ring (bicyclic) bond motifs is 2. The highest BCUT2D eigenvalue weighted by molar-refractivity contribution is 7.80. The van der Waals surface area contributed by atoms with E-state index in [1.54, 1.807) is 0 Å². The van der Waals surface area contributed by atoms with Gasteiger partial charge in [-0.25, -0.2) is 0 Å². The van der Waals surface area contributed by atoms with Gasteiger partial charge in [-0.15, -0.1) is 0 Å². The highest BCUT2D eigenvalue weighted by Gasteiger charge is 2.41. The Kier molecular flexibility index (Phi) is 18.4. The van der Waals surface area contributed by atoms with E-state index in [0.717, 1.165) is 89.2 Å². The highest BCUT2D eigenvalue weighted by atomic mass is 31.1. The van der Waals surface area contributed by atoms with Crippen molar-refractivity contribution in [3.8, 4) is 57.1 Å². The predicted octanol–water partition coefficient (Wildman–Crippen LogP) is 16.4. The smallest absolute Gasteiger partial charge is 0.231 e. The van der Waals surface area contributed by atoms with Crippen LogP contribution < -0.4 is 69.7 Å². The van der Waals surface area contributed by atoms with E-state index in [2.05, 4.69) is 239 Å². The lowest BCUT2D eigenvalue weighted by Crippen LogP contribution is -2.31. The number of hydrogen-bond donors (Lipinski definition) is 0. The average Bonchev–Trinajstić information content (AvgIpc) is 1.72. The molecule has 6 aromatic rings. The molecule has 0 N–H and O–H groups in total. The number of benzene rings is 6. The second kappa shape index (κ2) is 23.3. The van der Waals surface area contributed by atoms with E-state index in [0.29, 0.717) is 23.0 Å². The van der Waals surface area contributed by atoms with Crippen molar-refractivity contribution in [1.82, 2.24) is 0 Å². The van der Waals surface area contributed by atoms with Crippen molar-refractivity contribution in [3.63, 3.8) is 0 Å². The van der Waals surface area contributed by atoms with E-state index >= 15 is 0 Å². The van der Waals surface area contributed by atoms with E-state index in [9.17, 15) is 0 Å². The molecule has 0 aromatic heterocycles. The van der Waals surface area contributed by atoms with Crippen LogP contribution in [0.2, 0.25) is 0 Å². The largest absolute Gasteiger partial charge is 0.496 e. The van der Waals surface area contributed by atoms with Crippen LogP contribution in [0.5, 0.6) is 46.0 Å². The van der Waals surface area contributed by atoms with Gasteiger partial charge in [0.25, 0.3) is 0 Å². The fourth-order valence-corrected chi connectivity index (χ4v) is 17.0. The normalized spacial score (nSPS) is 14.0. The summed E-state index contributed by atoms with van der Waals surface area (Å²) in [5, 5.41) is 6.98. The Labute approximate surface area is 517 Å². The van der Waals surface area contributed by atoms with Gasteiger partial charge in [-0.2, -0.15) is 0 Å². The summed E-state index contributed by atoms with van der Waals surface area (Å²) in [6.07, 6.45) is 0. The summed E-state index contributed by atoms with van der Waals surface area (Å²) >= 11 is 0. The molecule has 2 aliphatic rings. The van der Waals surface area contributed by atoms with Crippen molar-refractivity contribution < 1.29 is 37.9 Å². The van der Waals surface area contributed by atoms with Crippen molar-refractivity contribution in [1.29, 1.82) is 0 Å². The molecule has 0 atom stereocenters. The Bertz CT molecular complexity index is 2950. The molecule has 0 saturated heterocycles. The lowest BCUT2D eigenvalue weighted by atomic mass is 9.79. The van der Waals surface area contributed by atoms with Crippen LogP contribution in [0.15, 0.2) is 72.8 Å². The summed E-state index contributed by atoms with van der Waals surface area (Å²) in [6.45, 7) is 55.2. The minimum absolute atomic E-state index is 0. The van der Waals surface area contributed by atoms with Crippen LogP contribution in [0.3, 0.4) is 0 Å². The van der Waals surface area contributed by atoms with Gasteiger partial charge in [0.1, 0.15) is 23.0 Å². The van der Waals surface area contributed by atoms with Gasteiger partial charge in [0.2, 0.25) is 13.6 Å². The summed E-state index contributed by atoms with van der Waals surface area (Å²) in [5.74, 6) is 6.42. The molecule has 457 valence electrons. The lowest BCUT2D eigenvalue weighted by molar-refractivity contribution is 0.173. The molecule has 85 heavy (non-hydrogen) atoms. The SMILES string of the molecule is COc1c(C(C)(C)C)cc(P(c2cc(C(C)(C)C)c(OC)c(C(C)(C)C)c2)c2ccc3c(c2-c2c(P(c4cc(C(C)(C)C)c(OC)c(C(C)(C)C)c4)c4cc(C(C)(C)C)c(OC)c(C(C)(C)C)c4)ccc4c2OCO4)OCO3)cc1C(C)(C)C.[B]. The van der Waals surface area contributed by atoms with Gasteiger partial charge in [-0.3, -0.25) is 0 Å². The number of rotatable bonds is 11. The van der Waals surface area contributed by atoms with Gasteiger partial charge in [-0.1, -0.05) is 166 Å². The first kappa shape index (κ1) is 67.2. The predicted molar refractivity (Wildman–Crippen MR) is 363 cm³/mol. The minimum Gasteiger partial charge on any atom is -0.496 e. The third-order valence-electron chi connectivity index (χ3n) is 16.4. The van der Waals surface area contributed by atoms with Gasteiger partial charge in [0.15, 0.2) is 23.0 Å². The molecule has 0 saturated carbocycles. The van der Waals surface area contributed by atoms with Crippen LogP contribution in [-0.4, -0.2) is 50.4 Å². The molecular formula is C74H100BO8P2. The molecule has 0 spiro atoms. The van der Waals surface area contributed by atoms with Crippen LogP contribution in [0.1, 0.15) is 211 Å². The maximum atomic E-state index is 6.98. The van der Waals surface area contributed by atoms with Crippen LogP contribution in [-0.2, 0) is 43.3 Å². The number of methoxy groups -OCH3 is 4. The molecule has 8 nitrogen and oxygen atoms in total. The van der Waals surface area contributed by atoms with Crippen molar-refractivity contribution >= 4 is 56.1 Å². The molecule has 8 rings (SSSR count). The van der Waals surface area contributed by atoms with Crippen LogP contribution >= 0.6 is 15.8 Å². The van der Waals surface area contributed by atoms with E-state index in [4.69, 9.17) is 37.9 Å². The van der Waals surface area contributed by atoms with Crippen molar-refractivity contribution in [2.24, 2.45) is 0 Å². The Morgan fingerprint density at radius 2 is 0.482 bits per heavy atom. The summed E-state index contributed by atoms with van der Waals surface area (Å²) in [6, 6.07) is 28.4. The maximum absolute atomic E-state index is 6.98. The van der Waals surface area contributed by atoms with Crippen LogP contribution in [0.4, 0.5) is 0 Å². The maximum Gasteiger partial charge on any atom is 0.231 e. The average molecular weight is 1190 g/mol. The standard InChI is InChI=1S/C74H100O8P2.B/c1-67(2,3)47-33-43(34-48(61(47)75-25)68(4,5)6)83(44-35-49(69(7,8)9)62(76-26)50(36-44)70(10,11)12)57-31-29-55-65(81-41-79-55)59(57)60-58(32-30-56-66(60)82-42-80-56)84(45-37-51(71(13,14)15)63(77-27)52(38-45)72(16,17)18)46-39-53(73(19,20)21)64(78-28)54(40-46)74(22,23)24;/h29-40H,41-42H2,1-28H3;. The van der Waals surface area contributed by atoms with Gasteiger partial charge in [0.05, 0.1) is 28.4 Å². The van der Waals surface area contributed by atoms with E-state index < -0.39 is 15.8 Å². The molecule has 2 aliphatic heterocycles. The third-order valence-corrected chi connectivity index (χ3v) is 21.2. The molecule has 0 fully saturated rings. The van der Waals surface area contributed by atoms with Gasteiger partial charge >= 0.3 is 0 Å². The second-order valence-corrected chi connectivity index (χ2v) is 35.7. The van der Waals surface area contributed by atoms with E-state index in [1.165, 1.54) is 21.2 Å². The minimum atomic E-state index is -1.50. The monoisotopic (exact) mass is 1190 g/mol. The molecule has 2 heterocycles. The Morgan fingerprint density at radius 3 is 0.647 bits per heavy atom. The molecular weight excluding hydrogens is 1090 g/mol. The molecule has 6 aromatic carbocycles. The summed E-state index contributed by atoms with van der Waals surface area (Å²) in [5.41, 5.74) is 8.79. The molecule has 0 unspecified atom stereocenters.